The molecule has 0 saturated heterocycles. The van der Waals surface area contributed by atoms with Gasteiger partial charge in [-0.25, -0.2) is 0 Å². The summed E-state index contributed by atoms with van der Waals surface area (Å²) >= 11 is 0. The summed E-state index contributed by atoms with van der Waals surface area (Å²) in [6.45, 7) is 0.0146. The van der Waals surface area contributed by atoms with E-state index in [1.165, 1.54) is 34.9 Å². The lowest BCUT2D eigenvalue weighted by Crippen LogP contribution is -2.23. The maximum absolute atomic E-state index is 12.1. The van der Waals surface area contributed by atoms with E-state index in [0.717, 1.165) is 0 Å². The van der Waals surface area contributed by atoms with Crippen molar-refractivity contribution in [2.24, 2.45) is 0 Å². The third-order valence-corrected chi connectivity index (χ3v) is 2.92. The molecule has 0 aliphatic carbocycles. The Morgan fingerprint density at radius 3 is 2.43 bits per heavy atom. The van der Waals surface area contributed by atoms with Crippen molar-refractivity contribution in [2.75, 3.05) is 0 Å². The Bertz CT molecular complexity index is 836. The molecule has 21 heavy (non-hydrogen) atoms. The van der Waals surface area contributed by atoms with Gasteiger partial charge in [-0.2, -0.15) is 5.26 Å². The van der Waals surface area contributed by atoms with E-state index in [-0.39, 0.29) is 17.8 Å². The average molecular weight is 279 g/mol. The van der Waals surface area contributed by atoms with E-state index in [1.807, 2.05) is 0 Å². The van der Waals surface area contributed by atoms with E-state index in [1.54, 1.807) is 12.1 Å². The Kier molecular flexibility index (Phi) is 3.83. The van der Waals surface area contributed by atoms with Crippen molar-refractivity contribution in [3.63, 3.8) is 0 Å². The Hall–Kier alpha value is -3.38. The van der Waals surface area contributed by atoms with Crippen molar-refractivity contribution in [3.8, 4) is 29.7 Å². The number of nitrogens with zero attached hydrogens (tertiary/aromatic N) is 3. The van der Waals surface area contributed by atoms with Crippen molar-refractivity contribution in [1.29, 1.82) is 5.26 Å². The van der Waals surface area contributed by atoms with Crippen LogP contribution in [0.2, 0.25) is 0 Å². The topological polar surface area (TPSA) is 88.9 Å². The molecule has 0 saturated carbocycles. The zero-order chi connectivity index (χ0) is 15.4. The van der Waals surface area contributed by atoms with Crippen molar-refractivity contribution in [1.82, 2.24) is 4.57 Å². The lowest BCUT2D eigenvalue weighted by atomic mass is 10.1. The summed E-state index contributed by atoms with van der Waals surface area (Å²) in [5.74, 6) is 2.36. The molecule has 0 fully saturated rings. The highest BCUT2D eigenvalue weighted by molar-refractivity contribution is 5.62. The van der Waals surface area contributed by atoms with Crippen molar-refractivity contribution in [2.45, 2.75) is 6.54 Å². The molecule has 2 aromatic rings. The van der Waals surface area contributed by atoms with Gasteiger partial charge in [0.05, 0.1) is 17.2 Å². The molecular weight excluding hydrogens is 270 g/mol. The number of hydrogen-bond donors (Lipinski definition) is 0. The van der Waals surface area contributed by atoms with E-state index in [2.05, 4.69) is 5.92 Å². The van der Waals surface area contributed by atoms with Crippen LogP contribution in [0.5, 0.6) is 0 Å². The zero-order valence-electron chi connectivity index (χ0n) is 10.8. The van der Waals surface area contributed by atoms with Gasteiger partial charge in [0.1, 0.15) is 11.6 Å². The molecule has 2 rings (SSSR count). The van der Waals surface area contributed by atoms with Crippen LogP contribution >= 0.6 is 0 Å². The molecule has 102 valence electrons. The lowest BCUT2D eigenvalue weighted by Gasteiger charge is -2.10. The summed E-state index contributed by atoms with van der Waals surface area (Å²) in [6.07, 6.45) is 5.25. The molecule has 0 N–H and O–H groups in total. The van der Waals surface area contributed by atoms with Crippen LogP contribution in [0.25, 0.3) is 11.3 Å². The fourth-order valence-electron chi connectivity index (χ4n) is 1.92. The molecular formula is C15H9N3O3. The van der Waals surface area contributed by atoms with Gasteiger partial charge in [-0.05, 0) is 29.8 Å². The summed E-state index contributed by atoms with van der Waals surface area (Å²) in [5, 5.41) is 19.5. The number of benzene rings is 1. The Morgan fingerprint density at radius 2 is 1.90 bits per heavy atom. The van der Waals surface area contributed by atoms with Gasteiger partial charge < -0.3 is 0 Å². The largest absolute Gasteiger partial charge is 0.296 e. The minimum atomic E-state index is -0.503. The highest BCUT2D eigenvalue weighted by Gasteiger charge is 2.11. The second-order valence-corrected chi connectivity index (χ2v) is 4.14. The van der Waals surface area contributed by atoms with Gasteiger partial charge in [-0.1, -0.05) is 5.92 Å². The standard InChI is InChI=1S/C15H9N3O3/c1-2-9-17-14(8-5-12(10-16)15(17)19)11-3-6-13(7-4-11)18(20)21/h1,3-8H,9H2. The predicted molar refractivity (Wildman–Crippen MR) is 76.3 cm³/mol. The SMILES string of the molecule is C#CCn1c(-c2ccc([N+](=O)[O-])cc2)ccc(C#N)c1=O. The number of nitro benzene ring substituents is 1. The summed E-state index contributed by atoms with van der Waals surface area (Å²) in [6, 6.07) is 10.6. The number of nitriles is 1. The van der Waals surface area contributed by atoms with Crippen molar-refractivity contribution < 1.29 is 4.92 Å². The summed E-state index contributed by atoms with van der Waals surface area (Å²) in [4.78, 5) is 22.2. The van der Waals surface area contributed by atoms with Gasteiger partial charge in [0.25, 0.3) is 11.2 Å². The number of rotatable bonds is 3. The van der Waals surface area contributed by atoms with Crippen LogP contribution in [0.4, 0.5) is 5.69 Å². The maximum Gasteiger partial charge on any atom is 0.269 e. The normalized spacial score (nSPS) is 9.62. The minimum Gasteiger partial charge on any atom is -0.296 e. The number of non-ortho nitro benzene ring substituents is 1. The number of pyridine rings is 1. The highest BCUT2D eigenvalue weighted by Crippen LogP contribution is 2.21. The second kappa shape index (κ2) is 5.72. The monoisotopic (exact) mass is 279 g/mol. The van der Waals surface area contributed by atoms with Gasteiger partial charge in [0.15, 0.2) is 0 Å². The molecule has 0 radical (unpaired) electrons. The minimum absolute atomic E-state index is 0.00379. The zero-order valence-corrected chi connectivity index (χ0v) is 10.8. The molecule has 0 aliphatic heterocycles. The van der Waals surface area contributed by atoms with Crippen LogP contribution in [-0.2, 0) is 6.54 Å². The molecule has 0 bridgehead atoms. The molecule has 1 aromatic heterocycles. The van der Waals surface area contributed by atoms with Gasteiger partial charge in [0, 0.05) is 12.1 Å². The molecule has 0 atom stereocenters. The average Bonchev–Trinajstić information content (AvgIpc) is 2.49. The first-order chi connectivity index (χ1) is 10.1. The summed E-state index contributed by atoms with van der Waals surface area (Å²) < 4.78 is 1.29. The Labute approximate surface area is 120 Å². The van der Waals surface area contributed by atoms with Crippen LogP contribution in [0.15, 0.2) is 41.2 Å². The quantitative estimate of drug-likeness (QED) is 0.487. The summed E-state index contributed by atoms with van der Waals surface area (Å²) in [7, 11) is 0. The van der Waals surface area contributed by atoms with E-state index in [0.29, 0.717) is 11.3 Å². The number of nitro groups is 1. The van der Waals surface area contributed by atoms with Crippen LogP contribution in [0.3, 0.4) is 0 Å². The molecule has 1 aromatic carbocycles. The molecule has 6 heteroatoms. The smallest absolute Gasteiger partial charge is 0.269 e. The Morgan fingerprint density at radius 1 is 1.24 bits per heavy atom. The first-order valence-corrected chi connectivity index (χ1v) is 5.90. The summed E-state index contributed by atoms with van der Waals surface area (Å²) in [5.41, 5.74) is 0.588. The molecule has 0 amide bonds. The van der Waals surface area contributed by atoms with Gasteiger partial charge in [-0.15, -0.1) is 6.42 Å². The van der Waals surface area contributed by atoms with E-state index in [9.17, 15) is 14.9 Å². The number of aromatic nitrogens is 1. The Balaban J connectivity index is 2.61. The van der Waals surface area contributed by atoms with Crippen LogP contribution < -0.4 is 5.56 Å². The van der Waals surface area contributed by atoms with Crippen molar-refractivity contribution >= 4 is 5.69 Å². The van der Waals surface area contributed by atoms with Crippen LogP contribution in [0.1, 0.15) is 5.56 Å². The molecule has 0 unspecified atom stereocenters. The molecule has 1 heterocycles. The molecule has 0 aliphatic rings. The van der Waals surface area contributed by atoms with Gasteiger partial charge >= 0.3 is 0 Å². The van der Waals surface area contributed by atoms with E-state index < -0.39 is 10.5 Å². The fourth-order valence-corrected chi connectivity index (χ4v) is 1.92. The highest BCUT2D eigenvalue weighted by atomic mass is 16.6. The number of terminal acetylenes is 1. The second-order valence-electron chi connectivity index (χ2n) is 4.14. The first-order valence-electron chi connectivity index (χ1n) is 5.90. The van der Waals surface area contributed by atoms with Crippen LogP contribution in [-0.4, -0.2) is 9.49 Å². The lowest BCUT2D eigenvalue weighted by molar-refractivity contribution is -0.384. The third-order valence-electron chi connectivity index (χ3n) is 2.92. The first kappa shape index (κ1) is 14.0. The van der Waals surface area contributed by atoms with E-state index in [4.69, 9.17) is 11.7 Å². The predicted octanol–water partition coefficient (Wildman–Crippen LogP) is 1.93. The van der Waals surface area contributed by atoms with Crippen molar-refractivity contribution in [3.05, 3.63) is 62.4 Å². The van der Waals surface area contributed by atoms with Gasteiger partial charge in [0.2, 0.25) is 0 Å². The fraction of sp³-hybridized carbons (Fsp3) is 0.0667. The molecule has 6 nitrogen and oxygen atoms in total. The maximum atomic E-state index is 12.1. The third kappa shape index (κ3) is 2.65. The van der Waals surface area contributed by atoms with Crippen LogP contribution in [0, 0.1) is 33.8 Å². The van der Waals surface area contributed by atoms with E-state index >= 15 is 0 Å². The molecule has 0 spiro atoms. The number of hydrogen-bond acceptors (Lipinski definition) is 4. The van der Waals surface area contributed by atoms with Gasteiger partial charge in [-0.3, -0.25) is 19.5 Å².